The molecule has 0 atom stereocenters. The van der Waals surface area contributed by atoms with Crippen LogP contribution in [0.15, 0.2) is 23.3 Å². The lowest BCUT2D eigenvalue weighted by Gasteiger charge is -2.31. The number of hydrogen-bond acceptors (Lipinski definition) is 4. The molecule has 2 aliphatic heterocycles. The zero-order chi connectivity index (χ0) is 14.8. The number of cyclic esters (lactones) is 1. The highest BCUT2D eigenvalue weighted by atomic mass is 19.1. The molecular weight excluding hydrogens is 280 g/mol. The van der Waals surface area contributed by atoms with E-state index in [4.69, 9.17) is 4.74 Å². The van der Waals surface area contributed by atoms with Crippen LogP contribution in [-0.2, 0) is 4.74 Å². The van der Waals surface area contributed by atoms with Crippen LogP contribution in [0.1, 0.15) is 18.4 Å². The first kappa shape index (κ1) is 13.8. The number of nitrogens with zero attached hydrogens (tertiary/aromatic N) is 2. The standard InChI is InChI=1S/C14H15F2N3O2/c15-10-3-5-19(6-4-10)13-2-1-9(7-11(13)16)12-8-21-14(20)18-17-12/h1-2,7,10H,3-6,8H2,(H,18,20). The van der Waals surface area contributed by atoms with Crippen LogP contribution >= 0.6 is 0 Å². The molecule has 1 saturated heterocycles. The molecule has 1 N–H and O–H groups in total. The number of nitrogens with one attached hydrogen (secondary N) is 1. The van der Waals surface area contributed by atoms with Crippen LogP contribution in [0, 0.1) is 5.82 Å². The zero-order valence-corrected chi connectivity index (χ0v) is 11.3. The van der Waals surface area contributed by atoms with E-state index in [1.807, 2.05) is 4.90 Å². The Bertz CT molecular complexity index is 584. The second kappa shape index (κ2) is 5.67. The molecule has 0 radical (unpaired) electrons. The molecule has 1 aromatic rings. The highest BCUT2D eigenvalue weighted by molar-refractivity contribution is 6.03. The summed E-state index contributed by atoms with van der Waals surface area (Å²) in [5, 5.41) is 3.84. The molecule has 5 nitrogen and oxygen atoms in total. The topological polar surface area (TPSA) is 53.9 Å². The molecule has 0 aliphatic carbocycles. The lowest BCUT2D eigenvalue weighted by Crippen LogP contribution is -2.35. The van der Waals surface area contributed by atoms with Crippen LogP contribution < -0.4 is 10.3 Å². The Kier molecular flexibility index (Phi) is 3.72. The summed E-state index contributed by atoms with van der Waals surface area (Å²) in [6.45, 7) is 1.03. The largest absolute Gasteiger partial charge is 0.442 e. The summed E-state index contributed by atoms with van der Waals surface area (Å²) in [6, 6.07) is 4.73. The van der Waals surface area contributed by atoms with Crippen LogP contribution in [0.3, 0.4) is 0 Å². The van der Waals surface area contributed by atoms with Gasteiger partial charge in [0.2, 0.25) is 0 Å². The molecule has 1 aromatic carbocycles. The van der Waals surface area contributed by atoms with E-state index in [1.165, 1.54) is 6.07 Å². The van der Waals surface area contributed by atoms with Gasteiger partial charge in [0.05, 0.1) is 5.69 Å². The SMILES string of the molecule is O=C1NN=C(c2ccc(N3CCC(F)CC3)c(F)c2)CO1. The molecule has 2 aliphatic rings. The smallest absolute Gasteiger partial charge is 0.428 e. The maximum atomic E-state index is 14.2. The Labute approximate surface area is 120 Å². The van der Waals surface area contributed by atoms with E-state index in [9.17, 15) is 13.6 Å². The lowest BCUT2D eigenvalue weighted by molar-refractivity contribution is 0.157. The molecule has 1 amide bonds. The van der Waals surface area contributed by atoms with E-state index >= 15 is 0 Å². The summed E-state index contributed by atoms with van der Waals surface area (Å²) in [7, 11) is 0. The highest BCUT2D eigenvalue weighted by Gasteiger charge is 2.22. The average molecular weight is 295 g/mol. The van der Waals surface area contributed by atoms with E-state index in [1.54, 1.807) is 12.1 Å². The molecule has 0 aromatic heterocycles. The fourth-order valence-corrected chi connectivity index (χ4v) is 2.49. The fourth-order valence-electron chi connectivity index (χ4n) is 2.49. The van der Waals surface area contributed by atoms with Crippen molar-refractivity contribution in [3.63, 3.8) is 0 Å². The molecule has 21 heavy (non-hydrogen) atoms. The van der Waals surface area contributed by atoms with Crippen LogP contribution in [0.5, 0.6) is 0 Å². The van der Waals surface area contributed by atoms with Gasteiger partial charge in [0.15, 0.2) is 0 Å². The number of piperidine rings is 1. The van der Waals surface area contributed by atoms with Gasteiger partial charge in [-0.25, -0.2) is 19.0 Å². The molecule has 0 unspecified atom stereocenters. The molecule has 1 fully saturated rings. The summed E-state index contributed by atoms with van der Waals surface area (Å²) in [4.78, 5) is 12.7. The molecule has 0 bridgehead atoms. The Hall–Kier alpha value is -2.18. The van der Waals surface area contributed by atoms with Gasteiger partial charge in [0.25, 0.3) is 0 Å². The monoisotopic (exact) mass is 295 g/mol. The Morgan fingerprint density at radius 1 is 1.33 bits per heavy atom. The summed E-state index contributed by atoms with van der Waals surface area (Å²) >= 11 is 0. The molecule has 0 spiro atoms. The third kappa shape index (κ3) is 2.96. The van der Waals surface area contributed by atoms with Crippen LogP contribution in [0.25, 0.3) is 0 Å². The van der Waals surface area contributed by atoms with Crippen LogP contribution in [0.4, 0.5) is 19.3 Å². The van der Waals surface area contributed by atoms with Crippen molar-refractivity contribution in [3.05, 3.63) is 29.6 Å². The Morgan fingerprint density at radius 2 is 2.10 bits per heavy atom. The van der Waals surface area contributed by atoms with E-state index in [0.717, 1.165) is 0 Å². The van der Waals surface area contributed by atoms with E-state index in [-0.39, 0.29) is 12.4 Å². The average Bonchev–Trinajstić information content (AvgIpc) is 2.49. The quantitative estimate of drug-likeness (QED) is 0.910. The summed E-state index contributed by atoms with van der Waals surface area (Å²) in [5.74, 6) is -0.385. The predicted octanol–water partition coefficient (Wildman–Crippen LogP) is 2.21. The Morgan fingerprint density at radius 3 is 2.71 bits per heavy atom. The van der Waals surface area contributed by atoms with Crippen molar-refractivity contribution in [2.45, 2.75) is 19.0 Å². The maximum Gasteiger partial charge on any atom is 0.428 e. The van der Waals surface area contributed by atoms with E-state index in [0.29, 0.717) is 42.9 Å². The fraction of sp³-hybridized carbons (Fsp3) is 0.429. The van der Waals surface area contributed by atoms with Crippen molar-refractivity contribution in [1.29, 1.82) is 0 Å². The number of hydrazone groups is 1. The lowest BCUT2D eigenvalue weighted by atomic mass is 10.1. The van der Waals surface area contributed by atoms with Crippen molar-refractivity contribution in [2.75, 3.05) is 24.6 Å². The number of carbonyl (C=O) groups excluding carboxylic acids is 1. The van der Waals surface area contributed by atoms with Gasteiger partial charge in [0, 0.05) is 18.7 Å². The third-order valence-corrected chi connectivity index (χ3v) is 3.67. The Balaban J connectivity index is 1.78. The van der Waals surface area contributed by atoms with Gasteiger partial charge in [-0.15, -0.1) is 0 Å². The first-order valence-corrected chi connectivity index (χ1v) is 6.82. The minimum Gasteiger partial charge on any atom is -0.442 e. The van der Waals surface area contributed by atoms with Gasteiger partial charge in [-0.1, -0.05) is 6.07 Å². The molecular formula is C14H15F2N3O2. The first-order chi connectivity index (χ1) is 10.1. The number of halogens is 2. The van der Waals surface area contributed by atoms with Gasteiger partial charge >= 0.3 is 6.09 Å². The van der Waals surface area contributed by atoms with Crippen molar-refractivity contribution in [1.82, 2.24) is 5.43 Å². The van der Waals surface area contributed by atoms with Gasteiger partial charge < -0.3 is 9.64 Å². The van der Waals surface area contributed by atoms with Crippen molar-refractivity contribution < 1.29 is 18.3 Å². The second-order valence-corrected chi connectivity index (χ2v) is 5.07. The zero-order valence-electron chi connectivity index (χ0n) is 11.3. The van der Waals surface area contributed by atoms with Crippen molar-refractivity contribution >= 4 is 17.5 Å². The van der Waals surface area contributed by atoms with Gasteiger partial charge in [-0.2, -0.15) is 5.10 Å². The number of ether oxygens (including phenoxy) is 1. The van der Waals surface area contributed by atoms with Crippen molar-refractivity contribution in [2.24, 2.45) is 5.10 Å². The maximum absolute atomic E-state index is 14.2. The molecule has 7 heteroatoms. The van der Waals surface area contributed by atoms with Gasteiger partial charge in [-0.3, -0.25) is 0 Å². The summed E-state index contributed by atoms with van der Waals surface area (Å²) in [6.07, 6.45) is -0.562. The molecule has 112 valence electrons. The number of benzene rings is 1. The first-order valence-electron chi connectivity index (χ1n) is 6.82. The summed E-state index contributed by atoms with van der Waals surface area (Å²) in [5.41, 5.74) is 3.66. The minimum absolute atomic E-state index is 0.0118. The summed E-state index contributed by atoms with van der Waals surface area (Å²) < 4.78 is 32.2. The number of anilines is 1. The minimum atomic E-state index is -0.791. The second-order valence-electron chi connectivity index (χ2n) is 5.07. The molecule has 0 saturated carbocycles. The number of alkyl halides is 1. The molecule has 3 rings (SSSR count). The number of carbonyl (C=O) groups is 1. The van der Waals surface area contributed by atoms with Crippen LogP contribution in [0.2, 0.25) is 0 Å². The van der Waals surface area contributed by atoms with Gasteiger partial charge in [-0.05, 0) is 25.0 Å². The molecule has 2 heterocycles. The van der Waals surface area contributed by atoms with Crippen molar-refractivity contribution in [3.8, 4) is 0 Å². The number of rotatable bonds is 2. The number of amides is 1. The van der Waals surface area contributed by atoms with E-state index in [2.05, 4.69) is 10.5 Å². The number of hydrogen-bond donors (Lipinski definition) is 1. The normalized spacial score (nSPS) is 19.8. The highest BCUT2D eigenvalue weighted by Crippen LogP contribution is 2.25. The predicted molar refractivity (Wildman–Crippen MR) is 73.8 cm³/mol. The van der Waals surface area contributed by atoms with Crippen LogP contribution in [-0.4, -0.2) is 37.7 Å². The van der Waals surface area contributed by atoms with E-state index < -0.39 is 12.3 Å². The van der Waals surface area contributed by atoms with Gasteiger partial charge in [0.1, 0.15) is 24.3 Å². The third-order valence-electron chi connectivity index (χ3n) is 3.67.